The lowest BCUT2D eigenvalue weighted by molar-refractivity contribution is -0.139. The summed E-state index contributed by atoms with van der Waals surface area (Å²) in [5, 5.41) is 2.94. The van der Waals surface area contributed by atoms with Crippen molar-refractivity contribution in [3.63, 3.8) is 0 Å². The van der Waals surface area contributed by atoms with Crippen molar-refractivity contribution in [1.29, 1.82) is 0 Å². The molecule has 2 amide bonds. The highest BCUT2D eigenvalue weighted by Gasteiger charge is 2.32. The zero-order valence-corrected chi connectivity index (χ0v) is 25.4. The van der Waals surface area contributed by atoms with Crippen LogP contribution in [0.4, 0.5) is 5.69 Å². The Morgan fingerprint density at radius 2 is 1.51 bits per heavy atom. The summed E-state index contributed by atoms with van der Waals surface area (Å²) >= 11 is 3.46. The van der Waals surface area contributed by atoms with E-state index in [2.05, 4.69) is 21.2 Å². The van der Waals surface area contributed by atoms with Crippen LogP contribution < -0.4 is 9.62 Å². The molecule has 0 saturated heterocycles. The highest BCUT2D eigenvalue weighted by atomic mass is 79.9. The van der Waals surface area contributed by atoms with E-state index in [1.165, 1.54) is 17.0 Å². The molecule has 39 heavy (non-hydrogen) atoms. The molecule has 0 aliphatic rings. The predicted octanol–water partition coefficient (Wildman–Crippen LogP) is 5.59. The van der Waals surface area contributed by atoms with Crippen molar-refractivity contribution in [3.8, 4) is 0 Å². The number of rotatable bonds is 11. The maximum Gasteiger partial charge on any atom is 0.264 e. The predicted molar refractivity (Wildman–Crippen MR) is 159 cm³/mol. The van der Waals surface area contributed by atoms with Gasteiger partial charge in [0.2, 0.25) is 11.8 Å². The number of hydrogen-bond acceptors (Lipinski definition) is 4. The topological polar surface area (TPSA) is 86.8 Å². The molecule has 9 heteroatoms. The van der Waals surface area contributed by atoms with Gasteiger partial charge in [0.05, 0.1) is 10.6 Å². The molecule has 208 valence electrons. The number of carbonyl (C=O) groups excluding carboxylic acids is 2. The number of nitrogens with zero attached hydrogens (tertiary/aromatic N) is 2. The maximum absolute atomic E-state index is 13.9. The average molecular weight is 615 g/mol. The molecule has 3 aromatic carbocycles. The molecular formula is C30H36BrN3O4S. The summed E-state index contributed by atoms with van der Waals surface area (Å²) in [5.41, 5.74) is 3.07. The molecule has 7 nitrogen and oxygen atoms in total. The summed E-state index contributed by atoms with van der Waals surface area (Å²) < 4.78 is 29.7. The van der Waals surface area contributed by atoms with Gasteiger partial charge in [-0.3, -0.25) is 13.9 Å². The maximum atomic E-state index is 13.9. The van der Waals surface area contributed by atoms with Gasteiger partial charge < -0.3 is 10.2 Å². The molecule has 0 saturated carbocycles. The van der Waals surface area contributed by atoms with Crippen LogP contribution in [0.1, 0.15) is 43.9 Å². The minimum atomic E-state index is -4.08. The standard InChI is InChI=1S/C30H36BrN3O4S/c1-6-23(4)32-30(36)24(5)33(19-25-8-7-9-26(31)18-25)29(35)20-34(27-14-10-21(2)11-15-27)39(37,38)28-16-12-22(3)13-17-28/h7-18,23-24H,6,19-20H2,1-5H3,(H,32,36)/t23-,24+/m0/s1. The Morgan fingerprint density at radius 3 is 2.08 bits per heavy atom. The minimum absolute atomic E-state index is 0.0613. The smallest absolute Gasteiger partial charge is 0.264 e. The number of amides is 2. The summed E-state index contributed by atoms with van der Waals surface area (Å²) in [5.74, 6) is -0.783. The molecule has 0 aromatic heterocycles. The summed E-state index contributed by atoms with van der Waals surface area (Å²) in [6.07, 6.45) is 0.744. The first-order chi connectivity index (χ1) is 18.4. The van der Waals surface area contributed by atoms with Crippen LogP contribution in [0.25, 0.3) is 0 Å². The number of nitrogens with one attached hydrogen (secondary N) is 1. The van der Waals surface area contributed by atoms with Crippen LogP contribution in [-0.2, 0) is 26.2 Å². The molecule has 0 spiro atoms. The van der Waals surface area contributed by atoms with Crippen molar-refractivity contribution >= 4 is 43.5 Å². The van der Waals surface area contributed by atoms with Crippen molar-refractivity contribution in [2.45, 2.75) is 64.6 Å². The second kappa shape index (κ2) is 13.3. The third-order valence-corrected chi connectivity index (χ3v) is 8.90. The lowest BCUT2D eigenvalue weighted by atomic mass is 10.1. The highest BCUT2D eigenvalue weighted by molar-refractivity contribution is 9.10. The molecule has 0 fully saturated rings. The Hall–Kier alpha value is -3.17. The molecule has 0 radical (unpaired) electrons. The summed E-state index contributed by atoms with van der Waals surface area (Å²) in [6.45, 7) is 8.99. The molecule has 0 aliphatic heterocycles. The van der Waals surface area contributed by atoms with E-state index in [4.69, 9.17) is 0 Å². The minimum Gasteiger partial charge on any atom is -0.352 e. The average Bonchev–Trinajstić information content (AvgIpc) is 2.90. The number of halogens is 1. The molecule has 1 N–H and O–H groups in total. The second-order valence-corrected chi connectivity index (χ2v) is 12.6. The van der Waals surface area contributed by atoms with E-state index in [1.54, 1.807) is 43.3 Å². The van der Waals surface area contributed by atoms with Crippen LogP contribution in [0.3, 0.4) is 0 Å². The fraction of sp³-hybridized carbons (Fsp3) is 0.333. The number of aryl methyl sites for hydroxylation is 2. The van der Waals surface area contributed by atoms with Crippen molar-refractivity contribution < 1.29 is 18.0 Å². The summed E-state index contributed by atoms with van der Waals surface area (Å²) in [6, 6.07) is 20.1. The Morgan fingerprint density at radius 1 is 0.923 bits per heavy atom. The van der Waals surface area contributed by atoms with E-state index in [-0.39, 0.29) is 23.4 Å². The SMILES string of the molecule is CC[C@H](C)NC(=O)[C@@H](C)N(Cc1cccc(Br)c1)C(=O)CN(c1ccc(C)cc1)S(=O)(=O)c1ccc(C)cc1. The van der Waals surface area contributed by atoms with E-state index in [0.29, 0.717) is 5.69 Å². The van der Waals surface area contributed by atoms with Gasteiger partial charge in [-0.05, 0) is 76.1 Å². The number of anilines is 1. The largest absolute Gasteiger partial charge is 0.352 e. The number of hydrogen-bond donors (Lipinski definition) is 1. The second-order valence-electron chi connectivity index (χ2n) is 9.81. The fourth-order valence-electron chi connectivity index (χ4n) is 3.96. The molecule has 3 rings (SSSR count). The van der Waals surface area contributed by atoms with Gasteiger partial charge in [0.15, 0.2) is 0 Å². The molecule has 0 heterocycles. The van der Waals surface area contributed by atoms with Crippen LogP contribution in [0.2, 0.25) is 0 Å². The number of sulfonamides is 1. The number of benzene rings is 3. The third-order valence-electron chi connectivity index (χ3n) is 6.62. The van der Waals surface area contributed by atoms with Crippen molar-refractivity contribution in [2.75, 3.05) is 10.8 Å². The molecule has 0 bridgehead atoms. The van der Waals surface area contributed by atoms with Crippen molar-refractivity contribution in [2.24, 2.45) is 0 Å². The normalized spacial score (nSPS) is 12.9. The molecule has 0 unspecified atom stereocenters. The fourth-order valence-corrected chi connectivity index (χ4v) is 5.82. The third kappa shape index (κ3) is 7.92. The van der Waals surface area contributed by atoms with Crippen LogP contribution in [0.5, 0.6) is 0 Å². The van der Waals surface area contributed by atoms with Crippen molar-refractivity contribution in [3.05, 3.63) is 94.0 Å². The van der Waals surface area contributed by atoms with Crippen LogP contribution in [0.15, 0.2) is 82.2 Å². The van der Waals surface area contributed by atoms with Gasteiger partial charge in [0, 0.05) is 17.1 Å². The Kier molecular flexibility index (Phi) is 10.3. The van der Waals surface area contributed by atoms with E-state index < -0.39 is 28.5 Å². The van der Waals surface area contributed by atoms with Gasteiger partial charge in [0.1, 0.15) is 12.6 Å². The van der Waals surface area contributed by atoms with Crippen molar-refractivity contribution in [1.82, 2.24) is 10.2 Å². The zero-order chi connectivity index (χ0) is 28.7. The van der Waals surface area contributed by atoms with E-state index in [9.17, 15) is 18.0 Å². The Bertz CT molecular complexity index is 1390. The lowest BCUT2D eigenvalue weighted by Gasteiger charge is -2.32. The van der Waals surface area contributed by atoms with Gasteiger partial charge in [0.25, 0.3) is 10.0 Å². The Balaban J connectivity index is 2.02. The molecular weight excluding hydrogens is 578 g/mol. The van der Waals surface area contributed by atoms with Crippen LogP contribution in [-0.4, -0.2) is 43.8 Å². The molecule has 2 atom stereocenters. The summed E-state index contributed by atoms with van der Waals surface area (Å²) in [4.78, 5) is 28.6. The van der Waals surface area contributed by atoms with Gasteiger partial charge >= 0.3 is 0 Å². The lowest BCUT2D eigenvalue weighted by Crippen LogP contribution is -2.52. The van der Waals surface area contributed by atoms with Gasteiger partial charge in [-0.1, -0.05) is 70.4 Å². The monoisotopic (exact) mass is 613 g/mol. The first-order valence-corrected chi connectivity index (χ1v) is 15.2. The van der Waals surface area contributed by atoms with Gasteiger partial charge in [-0.2, -0.15) is 0 Å². The highest BCUT2D eigenvalue weighted by Crippen LogP contribution is 2.25. The molecule has 3 aromatic rings. The van der Waals surface area contributed by atoms with E-state index >= 15 is 0 Å². The Labute approximate surface area is 240 Å². The first-order valence-electron chi connectivity index (χ1n) is 12.9. The quantitative estimate of drug-likeness (QED) is 0.305. The summed E-state index contributed by atoms with van der Waals surface area (Å²) in [7, 11) is -4.08. The molecule has 0 aliphatic carbocycles. The number of carbonyl (C=O) groups is 2. The van der Waals surface area contributed by atoms with Gasteiger partial charge in [-0.15, -0.1) is 0 Å². The zero-order valence-electron chi connectivity index (χ0n) is 23.0. The van der Waals surface area contributed by atoms with E-state index in [1.807, 2.05) is 52.0 Å². The van der Waals surface area contributed by atoms with Gasteiger partial charge in [-0.25, -0.2) is 8.42 Å². The van der Waals surface area contributed by atoms with Crippen LogP contribution in [0, 0.1) is 13.8 Å². The van der Waals surface area contributed by atoms with Crippen LogP contribution >= 0.6 is 15.9 Å². The van der Waals surface area contributed by atoms with E-state index in [0.717, 1.165) is 31.9 Å². The first kappa shape index (κ1) is 30.4.